The van der Waals surface area contributed by atoms with Gasteiger partial charge in [-0.05, 0) is 29.8 Å². The minimum Gasteiger partial charge on any atom is -0.507 e. The molecule has 12 N–H and O–H groups in total. The zero-order valence-corrected chi connectivity index (χ0v) is 28.4. The third-order valence-electron chi connectivity index (χ3n) is 9.73. The number of phenols is 3. The molecule has 3 aliphatic rings. The molecular formula is C36H32N2O18. The number of aliphatic hydroxyl groups is 6. The number of anilines is 1. The Morgan fingerprint density at radius 1 is 0.911 bits per heavy atom. The van der Waals surface area contributed by atoms with Gasteiger partial charge in [-0.25, -0.2) is 14.6 Å². The van der Waals surface area contributed by atoms with Gasteiger partial charge < -0.3 is 80.2 Å². The van der Waals surface area contributed by atoms with E-state index < -0.39 is 107 Å². The number of aromatic hydroxyl groups is 3. The first-order chi connectivity index (χ1) is 26.5. The molecule has 2 aromatic carbocycles. The van der Waals surface area contributed by atoms with Crippen LogP contribution in [0.3, 0.4) is 0 Å². The lowest BCUT2D eigenvalue weighted by atomic mass is 9.83. The maximum atomic E-state index is 13.8. The molecule has 0 unspecified atom stereocenters. The summed E-state index contributed by atoms with van der Waals surface area (Å²) in [7, 11) is 0. The van der Waals surface area contributed by atoms with Gasteiger partial charge in [0.1, 0.15) is 70.7 Å². The number of nitrogen functional groups attached to an aromatic ring is 1. The van der Waals surface area contributed by atoms with Crippen LogP contribution < -0.4 is 15.9 Å². The molecule has 4 aromatic rings. The second-order valence-corrected chi connectivity index (χ2v) is 13.3. The topological polar surface area (TPSA) is 342 Å². The maximum Gasteiger partial charge on any atom is 0.351 e. The lowest BCUT2D eigenvalue weighted by molar-refractivity contribution is -0.329. The van der Waals surface area contributed by atoms with Gasteiger partial charge in [-0.2, -0.15) is 0 Å². The van der Waals surface area contributed by atoms with Crippen LogP contribution in [0.5, 0.6) is 23.0 Å². The number of aromatic nitrogens is 1. The van der Waals surface area contributed by atoms with Gasteiger partial charge in [0.05, 0.1) is 6.42 Å². The fourth-order valence-corrected chi connectivity index (χ4v) is 6.59. The molecule has 2 fully saturated rings. The number of pyridine rings is 1. The summed E-state index contributed by atoms with van der Waals surface area (Å²) in [5.74, 6) is -1.31. The summed E-state index contributed by atoms with van der Waals surface area (Å²) < 4.78 is 28.1. The number of carboxylic acid groups (broad SMARTS) is 1. The van der Waals surface area contributed by atoms with Crippen LogP contribution in [0.15, 0.2) is 57.9 Å². The van der Waals surface area contributed by atoms with Crippen molar-refractivity contribution in [3.05, 3.63) is 70.0 Å². The average molecular weight is 781 g/mol. The van der Waals surface area contributed by atoms with Crippen LogP contribution >= 0.6 is 0 Å². The lowest BCUT2D eigenvalue weighted by Crippen LogP contribution is -2.70. The van der Waals surface area contributed by atoms with Crippen LogP contribution in [0.4, 0.5) is 5.82 Å². The standard InChI is InChI=1S/C36H32N2O18/c37-22-5-2-13(12-38-22)8-15-20(11-21-23(24(15)42)18(41)10-19(52-21)14-3-4-16(39)17(40)9-14)53-31-27(45)26(44)30(48)36(56-31)7-1-6-35(33(49)50)29(47)25(43)28(46)32(55-35)54-34(36)51/h2-5,9-12,25-32,39-40,42-48H,7-8H2,(H2,37,38)(H,49,50)/t25-,26-,27-,28-,29+,30+,31-,32+,35-,36+/m1/s1. The van der Waals surface area contributed by atoms with Crippen molar-refractivity contribution in [1.82, 2.24) is 4.98 Å². The molecule has 0 amide bonds. The van der Waals surface area contributed by atoms with E-state index in [1.807, 2.05) is 0 Å². The Kier molecular flexibility index (Phi) is 9.52. The molecule has 2 bridgehead atoms. The van der Waals surface area contributed by atoms with Crippen molar-refractivity contribution in [3.8, 4) is 46.2 Å². The summed E-state index contributed by atoms with van der Waals surface area (Å²) >= 11 is 0. The van der Waals surface area contributed by atoms with Crippen LogP contribution in [0, 0.1) is 11.8 Å². The van der Waals surface area contributed by atoms with Crippen LogP contribution in [-0.2, 0) is 30.2 Å². The summed E-state index contributed by atoms with van der Waals surface area (Å²) in [6.45, 7) is 0. The number of carbonyl (C=O) groups is 2. The van der Waals surface area contributed by atoms with Crippen molar-refractivity contribution in [2.75, 3.05) is 5.73 Å². The number of aliphatic carboxylic acids is 1. The molecule has 2 saturated heterocycles. The highest BCUT2D eigenvalue weighted by atomic mass is 16.8. The third-order valence-corrected chi connectivity index (χ3v) is 9.73. The normalized spacial score (nSPS) is 31.4. The van der Waals surface area contributed by atoms with Crippen molar-refractivity contribution in [2.45, 2.75) is 73.2 Å². The first-order valence-corrected chi connectivity index (χ1v) is 16.6. The predicted molar refractivity (Wildman–Crippen MR) is 182 cm³/mol. The van der Waals surface area contributed by atoms with Gasteiger partial charge in [-0.15, -0.1) is 0 Å². The molecular weight excluding hydrogens is 748 g/mol. The van der Waals surface area contributed by atoms with Crippen molar-refractivity contribution < 1.29 is 84.0 Å². The van der Waals surface area contributed by atoms with E-state index in [-0.39, 0.29) is 40.1 Å². The second kappa shape index (κ2) is 13.9. The number of nitrogens with zero attached hydrogens (tertiary/aromatic N) is 1. The van der Waals surface area contributed by atoms with Crippen molar-refractivity contribution >= 4 is 28.7 Å². The van der Waals surface area contributed by atoms with E-state index in [1.54, 1.807) is 0 Å². The van der Waals surface area contributed by atoms with Crippen molar-refractivity contribution in [3.63, 3.8) is 0 Å². The summed E-state index contributed by atoms with van der Waals surface area (Å²) in [6, 6.07) is 8.68. The number of nitrogens with two attached hydrogens (primary N) is 1. The Morgan fingerprint density at radius 3 is 2.32 bits per heavy atom. The van der Waals surface area contributed by atoms with Gasteiger partial charge in [-0.1, -0.05) is 17.9 Å². The number of carboxylic acids is 1. The first kappa shape index (κ1) is 38.3. The van der Waals surface area contributed by atoms with E-state index in [0.29, 0.717) is 5.56 Å². The fourth-order valence-electron chi connectivity index (χ4n) is 6.59. The highest BCUT2D eigenvalue weighted by molar-refractivity contribution is 5.88. The van der Waals surface area contributed by atoms with Gasteiger partial charge in [0.25, 0.3) is 5.60 Å². The van der Waals surface area contributed by atoms with E-state index in [1.165, 1.54) is 24.4 Å². The molecule has 0 aliphatic carbocycles. The second-order valence-electron chi connectivity index (χ2n) is 13.3. The number of phenolic OH excluding ortho intramolecular Hbond substituents is 3. The largest absolute Gasteiger partial charge is 0.507 e. The number of aliphatic hydroxyl groups excluding tert-OH is 6. The molecule has 2 aromatic heterocycles. The zero-order valence-electron chi connectivity index (χ0n) is 28.4. The monoisotopic (exact) mass is 780 g/mol. The third kappa shape index (κ3) is 6.17. The minimum absolute atomic E-state index is 0.131. The van der Waals surface area contributed by atoms with Crippen molar-refractivity contribution in [2.24, 2.45) is 0 Å². The molecule has 56 heavy (non-hydrogen) atoms. The summed E-state index contributed by atoms with van der Waals surface area (Å²) in [5, 5.41) is 106. The average Bonchev–Trinajstić information content (AvgIpc) is 3.21. The molecule has 10 atom stereocenters. The van der Waals surface area contributed by atoms with Gasteiger partial charge >= 0.3 is 11.9 Å². The Hall–Kier alpha value is -6.02. The Balaban J connectivity index is 1.34. The number of rotatable bonds is 6. The van der Waals surface area contributed by atoms with E-state index >= 15 is 0 Å². The molecule has 5 heterocycles. The Morgan fingerprint density at radius 2 is 1.64 bits per heavy atom. The van der Waals surface area contributed by atoms with Gasteiger partial charge in [0.2, 0.25) is 18.2 Å². The lowest BCUT2D eigenvalue weighted by Gasteiger charge is -2.47. The van der Waals surface area contributed by atoms with Crippen LogP contribution in [0.1, 0.15) is 17.5 Å². The van der Waals surface area contributed by atoms with Crippen LogP contribution in [0.25, 0.3) is 22.3 Å². The van der Waals surface area contributed by atoms with Gasteiger partial charge in [0.15, 0.2) is 16.9 Å². The van der Waals surface area contributed by atoms with E-state index in [0.717, 1.165) is 24.3 Å². The minimum atomic E-state index is -2.96. The maximum absolute atomic E-state index is 13.8. The van der Waals surface area contributed by atoms with Gasteiger partial charge in [0, 0.05) is 35.9 Å². The van der Waals surface area contributed by atoms with Crippen molar-refractivity contribution in [1.29, 1.82) is 0 Å². The van der Waals surface area contributed by atoms with Crippen LogP contribution in [0.2, 0.25) is 0 Å². The highest BCUT2D eigenvalue weighted by Crippen LogP contribution is 2.43. The molecule has 20 heteroatoms. The molecule has 3 aliphatic heterocycles. The smallest absolute Gasteiger partial charge is 0.351 e. The number of hydrogen-bond donors (Lipinski definition) is 11. The van der Waals surface area contributed by atoms with E-state index in [9.17, 15) is 65.4 Å². The SMILES string of the molecule is Nc1ccc(Cc2c(O[C@@H]3O[C@@]4(CC#C[C@@]5(C(=O)O)O[C@H](OC4=O)[C@H](O)[C@@H](O)[C@@H]5O)[C@@H](O)[C@H](O)[C@H]3O)cc3oc(-c4ccc(O)c(O)c4)cc(=O)c3c2O)cn1. The molecule has 20 nitrogen and oxygen atoms in total. The Bertz CT molecular complexity index is 2360. The number of benzene rings is 2. The Labute approximate surface area is 312 Å². The van der Waals surface area contributed by atoms with Gasteiger partial charge in [-0.3, -0.25) is 4.79 Å². The zero-order chi connectivity index (χ0) is 40.4. The summed E-state index contributed by atoms with van der Waals surface area (Å²) in [4.78, 5) is 43.6. The number of fused-ring (bicyclic) bond motifs is 3. The summed E-state index contributed by atoms with van der Waals surface area (Å²) in [6.07, 6.45) is -18.2. The molecule has 7 rings (SSSR count). The number of ether oxygens (including phenoxy) is 4. The first-order valence-electron chi connectivity index (χ1n) is 16.6. The quantitative estimate of drug-likeness (QED) is 0.0568. The van der Waals surface area contributed by atoms with E-state index in [4.69, 9.17) is 29.1 Å². The fraction of sp³-hybridized carbons (Fsp3) is 0.333. The number of carbonyl (C=O) groups excluding carboxylic acids is 1. The number of hydrogen-bond acceptors (Lipinski definition) is 19. The molecule has 0 saturated carbocycles. The summed E-state index contributed by atoms with van der Waals surface area (Å²) in [5.41, 5.74) is -0.793. The molecule has 0 radical (unpaired) electrons. The number of esters is 1. The predicted octanol–water partition coefficient (Wildman–Crippen LogP) is -2.09. The van der Waals surface area contributed by atoms with E-state index in [2.05, 4.69) is 16.8 Å². The molecule has 294 valence electrons. The highest BCUT2D eigenvalue weighted by Gasteiger charge is 2.64. The van der Waals surface area contributed by atoms with Crippen LogP contribution in [-0.4, -0.2) is 128 Å². The molecule has 1 spiro atoms.